The molecule has 2 aromatic heterocycles. The highest BCUT2D eigenvalue weighted by atomic mass is 19.1. The lowest BCUT2D eigenvalue weighted by molar-refractivity contribution is 0.223. The average Bonchev–Trinajstić information content (AvgIpc) is 3.55. The second kappa shape index (κ2) is 10.4. The average molecular weight is 546 g/mol. The maximum atomic E-state index is 16.5. The summed E-state index contributed by atoms with van der Waals surface area (Å²) in [4.78, 5) is 23.0. The highest BCUT2D eigenvalue weighted by Crippen LogP contribution is 2.38. The number of halogens is 1. The first-order chi connectivity index (χ1) is 19.6. The Morgan fingerprint density at radius 3 is 2.70 bits per heavy atom. The maximum absolute atomic E-state index is 16.5. The van der Waals surface area contributed by atoms with Crippen LogP contribution >= 0.6 is 0 Å². The molecule has 3 fully saturated rings. The third-order valence-electron chi connectivity index (χ3n) is 8.74. The molecule has 210 valence electrons. The van der Waals surface area contributed by atoms with E-state index in [9.17, 15) is 0 Å². The van der Waals surface area contributed by atoms with Crippen LogP contribution in [0.5, 0.6) is 11.8 Å². The highest BCUT2D eigenvalue weighted by Gasteiger charge is 2.34. The molecule has 0 aliphatic carbocycles. The van der Waals surface area contributed by atoms with Crippen LogP contribution in [0, 0.1) is 5.82 Å². The number of piperazine rings is 1. The zero-order valence-electron chi connectivity index (χ0n) is 22.9. The van der Waals surface area contributed by atoms with E-state index in [0.29, 0.717) is 58.0 Å². The number of hydrogen-bond acceptors (Lipinski definition) is 9. The van der Waals surface area contributed by atoms with Gasteiger partial charge in [0.1, 0.15) is 23.4 Å². The van der Waals surface area contributed by atoms with Gasteiger partial charge in [-0.15, -0.1) is 0 Å². The fourth-order valence-corrected chi connectivity index (χ4v) is 6.67. The van der Waals surface area contributed by atoms with Gasteiger partial charge in [-0.2, -0.15) is 9.97 Å². The van der Waals surface area contributed by atoms with Crippen LogP contribution in [0.4, 0.5) is 10.2 Å². The topological polar surface area (TPSA) is 88.5 Å². The van der Waals surface area contributed by atoms with Crippen LogP contribution in [0.2, 0.25) is 0 Å². The number of fused-ring (bicyclic) bond motifs is 4. The van der Waals surface area contributed by atoms with E-state index in [4.69, 9.17) is 14.5 Å². The van der Waals surface area contributed by atoms with Gasteiger partial charge in [-0.05, 0) is 70.0 Å². The van der Waals surface area contributed by atoms with Crippen molar-refractivity contribution < 1.29 is 15.3 Å². The van der Waals surface area contributed by atoms with Crippen molar-refractivity contribution in [2.24, 2.45) is 0 Å². The highest BCUT2D eigenvalue weighted by molar-refractivity contribution is 6.00. The van der Waals surface area contributed by atoms with E-state index in [2.05, 4.69) is 37.1 Å². The second-order valence-corrected chi connectivity index (χ2v) is 11.2. The number of nitrogens with zero attached hydrogens (tertiary/aromatic N) is 6. The van der Waals surface area contributed by atoms with E-state index < -0.39 is 5.82 Å². The van der Waals surface area contributed by atoms with E-state index in [-0.39, 0.29) is 13.0 Å². The van der Waals surface area contributed by atoms with Crippen LogP contribution in [0.1, 0.15) is 33.5 Å². The van der Waals surface area contributed by atoms with Crippen LogP contribution in [-0.2, 0) is 0 Å². The molecule has 9 nitrogen and oxygen atoms in total. The lowest BCUT2D eigenvalue weighted by Gasteiger charge is -2.34. The van der Waals surface area contributed by atoms with E-state index in [1.54, 1.807) is 13.2 Å². The van der Waals surface area contributed by atoms with Crippen molar-refractivity contribution in [2.45, 2.75) is 50.2 Å². The van der Waals surface area contributed by atoms with Crippen molar-refractivity contribution in [1.82, 2.24) is 30.2 Å². The van der Waals surface area contributed by atoms with Gasteiger partial charge in [-0.1, -0.05) is 6.07 Å². The predicted octanol–water partition coefficient (Wildman–Crippen LogP) is 4.44. The van der Waals surface area contributed by atoms with Gasteiger partial charge in [0.2, 0.25) is 0 Å². The number of ether oxygens (including phenoxy) is 2. The Morgan fingerprint density at radius 2 is 1.93 bits per heavy atom. The minimum Gasteiger partial charge on any atom is -0.496 e. The van der Waals surface area contributed by atoms with Crippen molar-refractivity contribution in [2.75, 3.05) is 45.3 Å². The summed E-state index contributed by atoms with van der Waals surface area (Å²) in [5.41, 5.74) is 1.73. The van der Waals surface area contributed by atoms with Crippen molar-refractivity contribution in [3.63, 3.8) is 0 Å². The van der Waals surface area contributed by atoms with Crippen molar-refractivity contribution in [1.29, 1.82) is 0 Å². The summed E-state index contributed by atoms with van der Waals surface area (Å²) in [6.07, 6.45) is 7.01. The van der Waals surface area contributed by atoms with Crippen LogP contribution in [0.25, 0.3) is 33.1 Å². The number of rotatable bonds is 7. The fourth-order valence-electron chi connectivity index (χ4n) is 6.67. The van der Waals surface area contributed by atoms with Gasteiger partial charge in [0, 0.05) is 43.6 Å². The zero-order valence-corrected chi connectivity index (χ0v) is 22.9. The zero-order chi connectivity index (χ0) is 27.2. The number of aromatic nitrogens is 4. The predicted molar refractivity (Wildman–Crippen MR) is 155 cm³/mol. The molecule has 0 amide bonds. The largest absolute Gasteiger partial charge is 0.496 e. The number of nitrogens with one attached hydrogen (secondary N) is 1. The number of anilines is 1. The lowest BCUT2D eigenvalue weighted by Crippen LogP contribution is -2.51. The SMILES string of the molecule is COc1cccc2ncnc(-c3ccc4c(N5CC6CCC(C5)N6)nc(OCC[C@@H]5CCCN5C)nc4c3F)c12.[HH]. The summed E-state index contributed by atoms with van der Waals surface area (Å²) in [5.74, 6) is 0.866. The van der Waals surface area contributed by atoms with Gasteiger partial charge in [-0.3, -0.25) is 0 Å². The molecule has 3 aliphatic rings. The Bertz CT molecular complexity index is 1560. The molecule has 7 rings (SSSR count). The standard InChI is InChI=1S/C30H34FN7O2.H2/c1-37-13-4-5-20(37)12-14-40-30-35-28-22(29(36-30)38-15-18-8-9-19(16-38)34-18)11-10-21(26(28)31)27-25-23(32-17-33-27)6-3-7-24(25)39-2;/h3,6-7,10-11,17-20,34H,4-5,8-9,12-16H2,1-2H3;1H/t18?,19?,20-;/m0./s1. The van der Waals surface area contributed by atoms with Crippen molar-refractivity contribution in [3.05, 3.63) is 42.5 Å². The maximum Gasteiger partial charge on any atom is 0.319 e. The third kappa shape index (κ3) is 4.49. The smallest absolute Gasteiger partial charge is 0.319 e. The van der Waals surface area contributed by atoms with Crippen LogP contribution < -0.4 is 19.7 Å². The van der Waals surface area contributed by atoms with E-state index in [1.165, 1.54) is 19.2 Å². The number of methoxy groups -OCH3 is 1. The van der Waals surface area contributed by atoms with Gasteiger partial charge < -0.3 is 24.6 Å². The van der Waals surface area contributed by atoms with E-state index in [1.807, 2.05) is 24.3 Å². The van der Waals surface area contributed by atoms with Crippen molar-refractivity contribution in [3.8, 4) is 23.0 Å². The number of hydrogen-bond donors (Lipinski definition) is 1. The number of benzene rings is 2. The Labute approximate surface area is 234 Å². The molecule has 3 atom stereocenters. The Kier molecular flexibility index (Phi) is 6.59. The molecular weight excluding hydrogens is 509 g/mol. The van der Waals surface area contributed by atoms with E-state index in [0.717, 1.165) is 44.7 Å². The van der Waals surface area contributed by atoms with Gasteiger partial charge in [0.25, 0.3) is 0 Å². The van der Waals surface area contributed by atoms with Gasteiger partial charge in [0.15, 0.2) is 5.82 Å². The third-order valence-corrected chi connectivity index (χ3v) is 8.74. The Hall–Kier alpha value is -3.63. The molecule has 4 aromatic rings. The Morgan fingerprint density at radius 1 is 1.07 bits per heavy atom. The molecule has 0 saturated carbocycles. The molecule has 3 aliphatic heterocycles. The van der Waals surface area contributed by atoms with Crippen molar-refractivity contribution >= 4 is 27.6 Å². The molecular formula is C30H36FN7O2. The minimum atomic E-state index is -0.453. The van der Waals surface area contributed by atoms with E-state index >= 15 is 4.39 Å². The molecule has 0 spiro atoms. The Balaban J connectivity index is 0.00000302. The molecule has 2 unspecified atom stereocenters. The molecule has 5 heterocycles. The van der Waals surface area contributed by atoms with Gasteiger partial charge >= 0.3 is 6.01 Å². The summed E-state index contributed by atoms with van der Waals surface area (Å²) in [6, 6.07) is 10.8. The quantitative estimate of drug-likeness (QED) is 0.362. The summed E-state index contributed by atoms with van der Waals surface area (Å²) in [6.45, 7) is 3.25. The molecule has 10 heteroatoms. The summed E-state index contributed by atoms with van der Waals surface area (Å²) >= 11 is 0. The summed E-state index contributed by atoms with van der Waals surface area (Å²) < 4.78 is 28.3. The second-order valence-electron chi connectivity index (χ2n) is 11.2. The monoisotopic (exact) mass is 545 g/mol. The fraction of sp³-hybridized carbons (Fsp3) is 0.467. The normalized spacial score (nSPS) is 22.9. The van der Waals surface area contributed by atoms with Crippen LogP contribution in [0.15, 0.2) is 36.7 Å². The summed E-state index contributed by atoms with van der Waals surface area (Å²) in [5, 5.41) is 5.01. The first-order valence-electron chi connectivity index (χ1n) is 14.2. The molecule has 3 saturated heterocycles. The molecule has 2 aromatic carbocycles. The molecule has 1 N–H and O–H groups in total. The first-order valence-corrected chi connectivity index (χ1v) is 14.2. The minimum absolute atomic E-state index is 0. The van der Waals surface area contributed by atoms with Crippen LogP contribution in [0.3, 0.4) is 0 Å². The first kappa shape index (κ1) is 25.3. The molecule has 2 bridgehead atoms. The van der Waals surface area contributed by atoms with Crippen LogP contribution in [-0.4, -0.2) is 83.4 Å². The number of likely N-dealkylation sites (tertiary alicyclic amines) is 1. The summed E-state index contributed by atoms with van der Waals surface area (Å²) in [7, 11) is 3.75. The molecule has 40 heavy (non-hydrogen) atoms. The molecule has 0 radical (unpaired) electrons. The van der Waals surface area contributed by atoms with Gasteiger partial charge in [0.05, 0.1) is 30.3 Å². The lowest BCUT2D eigenvalue weighted by atomic mass is 10.0. The van der Waals surface area contributed by atoms with Gasteiger partial charge in [-0.25, -0.2) is 14.4 Å².